The van der Waals surface area contributed by atoms with Gasteiger partial charge in [-0.1, -0.05) is 12.0 Å². The van der Waals surface area contributed by atoms with Gasteiger partial charge in [0.1, 0.15) is 0 Å². The number of aliphatic hydroxyl groups excluding tert-OH is 1. The first-order chi connectivity index (χ1) is 7.65. The molecular formula is C12H14N2O2. The first-order valence-electron chi connectivity index (χ1n) is 4.90. The Bertz CT molecular complexity index is 410. The van der Waals surface area contributed by atoms with Gasteiger partial charge in [-0.15, -0.1) is 6.42 Å². The Morgan fingerprint density at radius 3 is 3.00 bits per heavy atom. The molecule has 0 fully saturated rings. The maximum atomic E-state index is 11.4. The quantitative estimate of drug-likeness (QED) is 0.667. The standard InChI is InChI=1S/C12H14N2O2/c1-3-10-5-4-6-11(7-10)14-12(16)13-9(2)8-15/h1,4-7,9,15H,8H2,2H3,(H2,13,14,16)/t9-/m0/s1. The number of carbonyl (C=O) groups is 1. The molecule has 4 nitrogen and oxygen atoms in total. The number of amides is 2. The van der Waals surface area contributed by atoms with Gasteiger partial charge in [-0.05, 0) is 25.1 Å². The zero-order chi connectivity index (χ0) is 12.0. The summed E-state index contributed by atoms with van der Waals surface area (Å²) in [6.45, 7) is 1.61. The van der Waals surface area contributed by atoms with E-state index in [1.807, 2.05) is 0 Å². The second kappa shape index (κ2) is 5.79. The fraction of sp³-hybridized carbons (Fsp3) is 0.250. The molecule has 3 N–H and O–H groups in total. The molecule has 0 saturated heterocycles. The van der Waals surface area contributed by atoms with Crippen molar-refractivity contribution in [3.63, 3.8) is 0 Å². The molecule has 0 spiro atoms. The lowest BCUT2D eigenvalue weighted by Crippen LogP contribution is -2.38. The number of hydrogen-bond acceptors (Lipinski definition) is 2. The number of carbonyl (C=O) groups excluding carboxylic acids is 1. The Morgan fingerprint density at radius 1 is 1.62 bits per heavy atom. The maximum absolute atomic E-state index is 11.4. The molecule has 0 unspecified atom stereocenters. The average Bonchev–Trinajstić information content (AvgIpc) is 2.28. The second-order valence-electron chi connectivity index (χ2n) is 3.41. The van der Waals surface area contributed by atoms with Gasteiger partial charge in [0.25, 0.3) is 0 Å². The molecule has 0 heterocycles. The SMILES string of the molecule is C#Cc1cccc(NC(=O)N[C@@H](C)CO)c1. The summed E-state index contributed by atoms with van der Waals surface area (Å²) >= 11 is 0. The molecule has 0 radical (unpaired) electrons. The van der Waals surface area contributed by atoms with E-state index in [1.54, 1.807) is 31.2 Å². The minimum absolute atomic E-state index is 0.0994. The molecule has 1 rings (SSSR count). The number of hydrogen-bond donors (Lipinski definition) is 3. The minimum Gasteiger partial charge on any atom is -0.394 e. The molecule has 84 valence electrons. The number of rotatable bonds is 3. The largest absolute Gasteiger partial charge is 0.394 e. The van der Waals surface area contributed by atoms with Crippen molar-refractivity contribution in [3.8, 4) is 12.3 Å². The van der Waals surface area contributed by atoms with Gasteiger partial charge >= 0.3 is 6.03 Å². The topological polar surface area (TPSA) is 61.4 Å². The molecule has 0 saturated carbocycles. The molecule has 16 heavy (non-hydrogen) atoms. The van der Waals surface area contributed by atoms with Crippen LogP contribution in [0.4, 0.5) is 10.5 Å². The Hall–Kier alpha value is -1.99. The first kappa shape index (κ1) is 12.1. The highest BCUT2D eigenvalue weighted by atomic mass is 16.3. The summed E-state index contributed by atoms with van der Waals surface area (Å²) in [6.07, 6.45) is 5.24. The summed E-state index contributed by atoms with van der Waals surface area (Å²) in [5.41, 5.74) is 1.33. The van der Waals surface area contributed by atoms with Gasteiger partial charge in [0.05, 0.1) is 12.6 Å². The van der Waals surface area contributed by atoms with Crippen LogP contribution in [-0.2, 0) is 0 Å². The van der Waals surface area contributed by atoms with Gasteiger partial charge in [0.2, 0.25) is 0 Å². The van der Waals surface area contributed by atoms with Crippen LogP contribution in [0.15, 0.2) is 24.3 Å². The van der Waals surface area contributed by atoms with Crippen molar-refractivity contribution >= 4 is 11.7 Å². The lowest BCUT2D eigenvalue weighted by molar-refractivity contribution is 0.229. The summed E-state index contributed by atoms with van der Waals surface area (Å²) in [6, 6.07) is 6.33. The molecule has 1 aromatic rings. The van der Waals surface area contributed by atoms with Crippen LogP contribution in [0.2, 0.25) is 0 Å². The van der Waals surface area contributed by atoms with E-state index < -0.39 is 0 Å². The number of anilines is 1. The van der Waals surface area contributed by atoms with Gasteiger partial charge in [-0.2, -0.15) is 0 Å². The monoisotopic (exact) mass is 218 g/mol. The van der Waals surface area contributed by atoms with Gasteiger partial charge < -0.3 is 15.7 Å². The highest BCUT2D eigenvalue weighted by molar-refractivity contribution is 5.89. The van der Waals surface area contributed by atoms with Gasteiger partial charge in [-0.3, -0.25) is 0 Å². The Labute approximate surface area is 94.7 Å². The van der Waals surface area contributed by atoms with E-state index in [2.05, 4.69) is 16.6 Å². The van der Waals surface area contributed by atoms with Crippen molar-refractivity contribution in [1.29, 1.82) is 0 Å². The Morgan fingerprint density at radius 2 is 2.38 bits per heavy atom. The van der Waals surface area contributed by atoms with E-state index in [1.165, 1.54) is 0 Å². The predicted octanol–water partition coefficient (Wildman–Crippen LogP) is 1.17. The smallest absolute Gasteiger partial charge is 0.319 e. The number of aliphatic hydroxyl groups is 1. The average molecular weight is 218 g/mol. The van der Waals surface area contributed by atoms with Crippen LogP contribution in [0.3, 0.4) is 0 Å². The summed E-state index contributed by atoms with van der Waals surface area (Å²) in [5, 5.41) is 14.0. The fourth-order valence-corrected chi connectivity index (χ4v) is 1.12. The molecule has 0 bridgehead atoms. The summed E-state index contributed by atoms with van der Waals surface area (Å²) in [5.74, 6) is 2.48. The van der Waals surface area contributed by atoms with Gasteiger partial charge in [0.15, 0.2) is 0 Å². The number of urea groups is 1. The van der Waals surface area contributed by atoms with E-state index in [4.69, 9.17) is 11.5 Å². The lowest BCUT2D eigenvalue weighted by Gasteiger charge is -2.11. The van der Waals surface area contributed by atoms with E-state index in [0.29, 0.717) is 11.3 Å². The zero-order valence-corrected chi connectivity index (χ0v) is 9.03. The van der Waals surface area contributed by atoms with Crippen LogP contribution >= 0.6 is 0 Å². The Kier molecular flexibility index (Phi) is 4.37. The minimum atomic E-state index is -0.365. The highest BCUT2D eigenvalue weighted by Crippen LogP contribution is 2.09. The third-order valence-electron chi connectivity index (χ3n) is 1.94. The third-order valence-corrected chi connectivity index (χ3v) is 1.94. The van der Waals surface area contributed by atoms with E-state index in [-0.39, 0.29) is 18.7 Å². The summed E-state index contributed by atoms with van der Waals surface area (Å²) < 4.78 is 0. The highest BCUT2D eigenvalue weighted by Gasteiger charge is 2.05. The summed E-state index contributed by atoms with van der Waals surface area (Å²) in [4.78, 5) is 11.4. The van der Waals surface area contributed by atoms with Crippen molar-refractivity contribution in [3.05, 3.63) is 29.8 Å². The normalized spacial score (nSPS) is 11.3. The predicted molar refractivity (Wildman–Crippen MR) is 63.1 cm³/mol. The van der Waals surface area contributed by atoms with Crippen molar-refractivity contribution in [2.24, 2.45) is 0 Å². The van der Waals surface area contributed by atoms with Crippen molar-refractivity contribution in [2.45, 2.75) is 13.0 Å². The zero-order valence-electron chi connectivity index (χ0n) is 9.03. The van der Waals surface area contributed by atoms with Crippen LogP contribution in [0.5, 0.6) is 0 Å². The molecule has 0 aliphatic rings. The molecule has 0 aromatic heterocycles. The van der Waals surface area contributed by atoms with Crippen LogP contribution in [-0.4, -0.2) is 23.8 Å². The number of nitrogens with one attached hydrogen (secondary N) is 2. The van der Waals surface area contributed by atoms with Crippen molar-refractivity contribution in [2.75, 3.05) is 11.9 Å². The van der Waals surface area contributed by atoms with Crippen LogP contribution < -0.4 is 10.6 Å². The van der Waals surface area contributed by atoms with Gasteiger partial charge in [-0.25, -0.2) is 4.79 Å². The van der Waals surface area contributed by atoms with E-state index in [9.17, 15) is 4.79 Å². The lowest BCUT2D eigenvalue weighted by atomic mass is 10.2. The van der Waals surface area contributed by atoms with Gasteiger partial charge in [0, 0.05) is 11.3 Å². The molecule has 1 atom stereocenters. The van der Waals surface area contributed by atoms with Crippen molar-refractivity contribution < 1.29 is 9.90 Å². The molecule has 0 aliphatic carbocycles. The van der Waals surface area contributed by atoms with Crippen LogP contribution in [0.1, 0.15) is 12.5 Å². The summed E-state index contributed by atoms with van der Waals surface area (Å²) in [7, 11) is 0. The number of benzene rings is 1. The Balaban J connectivity index is 2.60. The van der Waals surface area contributed by atoms with Crippen LogP contribution in [0, 0.1) is 12.3 Å². The van der Waals surface area contributed by atoms with Crippen LogP contribution in [0.25, 0.3) is 0 Å². The molecule has 2 amide bonds. The molecule has 0 aliphatic heterocycles. The third kappa shape index (κ3) is 3.64. The van der Waals surface area contributed by atoms with Crippen molar-refractivity contribution in [1.82, 2.24) is 5.32 Å². The fourth-order valence-electron chi connectivity index (χ4n) is 1.12. The molecule has 4 heteroatoms. The van der Waals surface area contributed by atoms with E-state index >= 15 is 0 Å². The molecule has 1 aromatic carbocycles. The second-order valence-corrected chi connectivity index (χ2v) is 3.41. The number of terminal acetylenes is 1. The molecular weight excluding hydrogens is 204 g/mol. The maximum Gasteiger partial charge on any atom is 0.319 e. The first-order valence-corrected chi connectivity index (χ1v) is 4.90. The van der Waals surface area contributed by atoms with E-state index in [0.717, 1.165) is 0 Å².